The molecule has 2 N–H and O–H groups in total. The van der Waals surface area contributed by atoms with Crippen molar-refractivity contribution in [2.45, 2.75) is 31.8 Å². The Labute approximate surface area is 120 Å². The molecule has 0 amide bonds. The van der Waals surface area contributed by atoms with E-state index in [0.29, 0.717) is 11.4 Å². The normalized spacial score (nSPS) is 23.7. The van der Waals surface area contributed by atoms with Crippen LogP contribution < -0.4 is 5.73 Å². The van der Waals surface area contributed by atoms with Gasteiger partial charge in [0.15, 0.2) is 5.82 Å². The first-order valence-corrected chi connectivity index (χ1v) is 6.62. The SMILES string of the molecule is CC(C)CC1([N+](=O)[O-])c2nnnn2-c2ncccc2C1N. The van der Waals surface area contributed by atoms with Gasteiger partial charge >= 0.3 is 5.54 Å². The molecule has 0 aliphatic carbocycles. The van der Waals surface area contributed by atoms with Crippen LogP contribution in [0.5, 0.6) is 0 Å². The fourth-order valence-electron chi connectivity index (χ4n) is 2.94. The third-order valence-corrected chi connectivity index (χ3v) is 3.77. The van der Waals surface area contributed by atoms with Crippen LogP contribution in [0.4, 0.5) is 0 Å². The first-order chi connectivity index (χ1) is 9.98. The Morgan fingerprint density at radius 2 is 2.33 bits per heavy atom. The number of pyridine rings is 1. The maximum atomic E-state index is 11.9. The first-order valence-electron chi connectivity index (χ1n) is 6.62. The maximum absolute atomic E-state index is 11.9. The van der Waals surface area contributed by atoms with Crippen molar-refractivity contribution in [3.8, 4) is 5.82 Å². The molecule has 0 spiro atoms. The zero-order chi connectivity index (χ0) is 15.2. The van der Waals surface area contributed by atoms with Crippen molar-refractivity contribution in [2.24, 2.45) is 11.7 Å². The number of hydrogen-bond acceptors (Lipinski definition) is 7. The molecule has 0 fully saturated rings. The summed E-state index contributed by atoms with van der Waals surface area (Å²) >= 11 is 0. The van der Waals surface area contributed by atoms with Crippen LogP contribution in [0.25, 0.3) is 5.82 Å². The summed E-state index contributed by atoms with van der Waals surface area (Å²) < 4.78 is 1.32. The third kappa shape index (κ3) is 1.74. The quantitative estimate of drug-likeness (QED) is 0.647. The van der Waals surface area contributed by atoms with Crippen molar-refractivity contribution >= 4 is 0 Å². The van der Waals surface area contributed by atoms with Gasteiger partial charge in [-0.25, -0.2) is 4.98 Å². The summed E-state index contributed by atoms with van der Waals surface area (Å²) in [5.74, 6) is 0.649. The van der Waals surface area contributed by atoms with E-state index < -0.39 is 11.6 Å². The van der Waals surface area contributed by atoms with E-state index in [0.717, 1.165) is 0 Å². The van der Waals surface area contributed by atoms with Crippen molar-refractivity contribution in [3.63, 3.8) is 0 Å². The molecule has 9 nitrogen and oxygen atoms in total. The molecule has 3 rings (SSSR count). The van der Waals surface area contributed by atoms with Crippen LogP contribution in [0.2, 0.25) is 0 Å². The molecule has 0 bridgehead atoms. The molecular formula is C12H15N7O2. The van der Waals surface area contributed by atoms with Gasteiger partial charge in [-0.1, -0.05) is 19.9 Å². The van der Waals surface area contributed by atoms with Crippen LogP contribution >= 0.6 is 0 Å². The lowest BCUT2D eigenvalue weighted by Crippen LogP contribution is -2.51. The Hall–Kier alpha value is -2.42. The zero-order valence-electron chi connectivity index (χ0n) is 11.7. The molecule has 2 aromatic rings. The zero-order valence-corrected chi connectivity index (χ0v) is 11.7. The van der Waals surface area contributed by atoms with Crippen molar-refractivity contribution < 1.29 is 4.92 Å². The molecule has 3 heterocycles. The van der Waals surface area contributed by atoms with Gasteiger partial charge in [-0.2, -0.15) is 4.68 Å². The Morgan fingerprint density at radius 3 is 3.00 bits per heavy atom. The van der Waals surface area contributed by atoms with Gasteiger partial charge in [-0.15, -0.1) is 5.10 Å². The number of nitro groups is 1. The molecule has 2 atom stereocenters. The Morgan fingerprint density at radius 1 is 1.57 bits per heavy atom. The maximum Gasteiger partial charge on any atom is 0.301 e. The lowest BCUT2D eigenvalue weighted by atomic mass is 9.77. The average molecular weight is 289 g/mol. The molecule has 0 radical (unpaired) electrons. The van der Waals surface area contributed by atoms with Crippen LogP contribution in [0.1, 0.15) is 37.7 Å². The Kier molecular flexibility index (Phi) is 2.94. The average Bonchev–Trinajstić information content (AvgIpc) is 2.92. The minimum atomic E-state index is -1.55. The van der Waals surface area contributed by atoms with E-state index in [9.17, 15) is 10.1 Å². The van der Waals surface area contributed by atoms with Crippen LogP contribution in [0, 0.1) is 16.0 Å². The fraction of sp³-hybridized carbons (Fsp3) is 0.500. The minimum Gasteiger partial charge on any atom is -0.317 e. The van der Waals surface area contributed by atoms with Gasteiger partial charge in [0.2, 0.25) is 5.82 Å². The van der Waals surface area contributed by atoms with Crippen LogP contribution in [0.15, 0.2) is 18.3 Å². The summed E-state index contributed by atoms with van der Waals surface area (Å²) in [7, 11) is 0. The molecule has 0 aromatic carbocycles. The van der Waals surface area contributed by atoms with Gasteiger partial charge in [0, 0.05) is 23.1 Å². The van der Waals surface area contributed by atoms with Gasteiger partial charge in [-0.05, 0) is 22.4 Å². The molecule has 110 valence electrons. The van der Waals surface area contributed by atoms with Crippen LogP contribution in [-0.2, 0) is 5.54 Å². The Balaban J connectivity index is 2.31. The lowest BCUT2D eigenvalue weighted by molar-refractivity contribution is -0.590. The van der Waals surface area contributed by atoms with E-state index in [2.05, 4.69) is 20.5 Å². The molecule has 21 heavy (non-hydrogen) atoms. The Bertz CT molecular complexity index is 698. The molecule has 0 saturated heterocycles. The summed E-state index contributed by atoms with van der Waals surface area (Å²) in [6.45, 7) is 3.82. The number of nitrogens with two attached hydrogens (primary N) is 1. The highest BCUT2D eigenvalue weighted by Crippen LogP contribution is 2.45. The lowest BCUT2D eigenvalue weighted by Gasteiger charge is -2.34. The highest BCUT2D eigenvalue weighted by molar-refractivity contribution is 5.42. The second-order valence-electron chi connectivity index (χ2n) is 5.59. The second kappa shape index (κ2) is 4.55. The van der Waals surface area contributed by atoms with Gasteiger partial charge in [0.1, 0.15) is 6.04 Å². The molecular weight excluding hydrogens is 274 g/mol. The van der Waals surface area contributed by atoms with Gasteiger partial charge < -0.3 is 5.73 Å². The molecule has 2 unspecified atom stereocenters. The van der Waals surface area contributed by atoms with Gasteiger partial charge in [0.05, 0.1) is 0 Å². The molecule has 2 aromatic heterocycles. The predicted molar refractivity (Wildman–Crippen MR) is 72.0 cm³/mol. The van der Waals surface area contributed by atoms with E-state index in [1.807, 2.05) is 13.8 Å². The van der Waals surface area contributed by atoms with Crippen LogP contribution in [-0.4, -0.2) is 30.1 Å². The smallest absolute Gasteiger partial charge is 0.301 e. The largest absolute Gasteiger partial charge is 0.317 e. The summed E-state index contributed by atoms with van der Waals surface area (Å²) in [5, 5.41) is 23.2. The van der Waals surface area contributed by atoms with E-state index >= 15 is 0 Å². The van der Waals surface area contributed by atoms with Crippen molar-refractivity contribution in [2.75, 3.05) is 0 Å². The summed E-state index contributed by atoms with van der Waals surface area (Å²) in [6.07, 6.45) is 1.83. The highest BCUT2D eigenvalue weighted by atomic mass is 16.6. The van der Waals surface area contributed by atoms with Crippen molar-refractivity contribution in [1.29, 1.82) is 0 Å². The standard InChI is InChI=1S/C12H15N7O2/c1-7(2)6-12(19(20)21)9(13)8-4-3-5-14-10(8)18-11(12)15-16-17-18/h3-5,7,9H,6,13H2,1-2H3. The summed E-state index contributed by atoms with van der Waals surface area (Å²) in [6, 6.07) is 2.58. The summed E-state index contributed by atoms with van der Waals surface area (Å²) in [5.41, 5.74) is 5.29. The van der Waals surface area contributed by atoms with Crippen LogP contribution in [0.3, 0.4) is 0 Å². The van der Waals surface area contributed by atoms with E-state index in [-0.39, 0.29) is 23.1 Å². The number of tetrazole rings is 1. The first kappa shape index (κ1) is 13.6. The fourth-order valence-corrected chi connectivity index (χ4v) is 2.94. The minimum absolute atomic E-state index is 0.0600. The number of fused-ring (bicyclic) bond motifs is 3. The van der Waals surface area contributed by atoms with E-state index in [4.69, 9.17) is 5.73 Å². The number of hydrogen-bond donors (Lipinski definition) is 1. The number of aromatic nitrogens is 5. The second-order valence-corrected chi connectivity index (χ2v) is 5.59. The van der Waals surface area contributed by atoms with Crippen molar-refractivity contribution in [3.05, 3.63) is 39.8 Å². The summed E-state index contributed by atoms with van der Waals surface area (Å²) in [4.78, 5) is 15.7. The topological polar surface area (TPSA) is 126 Å². The highest BCUT2D eigenvalue weighted by Gasteiger charge is 2.59. The molecule has 0 saturated carbocycles. The monoisotopic (exact) mass is 289 g/mol. The third-order valence-electron chi connectivity index (χ3n) is 3.77. The van der Waals surface area contributed by atoms with E-state index in [1.54, 1.807) is 18.3 Å². The number of nitrogens with zero attached hydrogens (tertiary/aromatic N) is 6. The molecule has 1 aliphatic heterocycles. The van der Waals surface area contributed by atoms with E-state index in [1.165, 1.54) is 4.68 Å². The van der Waals surface area contributed by atoms with Crippen molar-refractivity contribution in [1.82, 2.24) is 25.2 Å². The van der Waals surface area contributed by atoms with Gasteiger partial charge in [0.25, 0.3) is 0 Å². The molecule has 1 aliphatic rings. The molecule has 9 heteroatoms. The van der Waals surface area contributed by atoms with Gasteiger partial charge in [-0.3, -0.25) is 10.1 Å². The number of rotatable bonds is 3. The predicted octanol–water partition coefficient (Wildman–Crippen LogP) is 0.589.